The van der Waals surface area contributed by atoms with Gasteiger partial charge in [0.15, 0.2) is 0 Å². The average molecular weight is 263 g/mol. The first-order valence-electron chi connectivity index (χ1n) is 6.33. The fourth-order valence-corrected chi connectivity index (χ4v) is 1.64. The van der Waals surface area contributed by atoms with Gasteiger partial charge in [0.1, 0.15) is 18.5 Å². The molecule has 0 aliphatic rings. The molecule has 1 aromatic rings. The number of hydrogen-bond donors (Lipinski definition) is 1. The lowest BCUT2D eigenvalue weighted by molar-refractivity contribution is -0.130. The summed E-state index contributed by atoms with van der Waals surface area (Å²) in [7, 11) is 0. The number of aldehydes is 1. The van der Waals surface area contributed by atoms with Crippen molar-refractivity contribution in [2.24, 2.45) is 0 Å². The molecule has 0 aromatic heterocycles. The molecule has 0 aliphatic heterocycles. The van der Waals surface area contributed by atoms with Crippen molar-refractivity contribution in [3.8, 4) is 0 Å². The van der Waals surface area contributed by atoms with Gasteiger partial charge in [-0.1, -0.05) is 36.4 Å². The molecule has 0 aliphatic carbocycles. The number of hydroxylamine groups is 2. The van der Waals surface area contributed by atoms with Gasteiger partial charge in [-0.25, -0.2) is 0 Å². The maximum absolute atomic E-state index is 10.7. The van der Waals surface area contributed by atoms with Crippen LogP contribution in [0.3, 0.4) is 0 Å². The highest BCUT2D eigenvalue weighted by Gasteiger charge is 2.18. The van der Waals surface area contributed by atoms with E-state index in [0.717, 1.165) is 22.6 Å². The zero-order valence-electron chi connectivity index (χ0n) is 11.6. The highest BCUT2D eigenvalue weighted by atomic mass is 16.5. The van der Waals surface area contributed by atoms with Crippen LogP contribution in [0.4, 0.5) is 0 Å². The van der Waals surface area contributed by atoms with E-state index in [4.69, 9.17) is 4.74 Å². The molecule has 0 saturated carbocycles. The van der Waals surface area contributed by atoms with Gasteiger partial charge in [0.05, 0.1) is 6.54 Å². The molecule has 1 aromatic carbocycles. The highest BCUT2D eigenvalue weighted by molar-refractivity contribution is 5.55. The Morgan fingerprint density at radius 3 is 2.58 bits per heavy atom. The van der Waals surface area contributed by atoms with E-state index in [1.807, 2.05) is 50.3 Å². The van der Waals surface area contributed by atoms with Gasteiger partial charge in [-0.15, -0.1) is 0 Å². The average Bonchev–Trinajstić information content (AvgIpc) is 2.46. The third kappa shape index (κ3) is 4.85. The van der Waals surface area contributed by atoms with Crippen LogP contribution in [0.15, 0.2) is 42.1 Å². The molecule has 0 bridgehead atoms. The van der Waals surface area contributed by atoms with Gasteiger partial charge < -0.3 is 9.53 Å². The van der Waals surface area contributed by atoms with Crippen LogP contribution in [0.1, 0.15) is 32.4 Å². The quantitative estimate of drug-likeness (QED) is 0.607. The van der Waals surface area contributed by atoms with Crippen molar-refractivity contribution >= 4 is 6.29 Å². The second-order valence-corrected chi connectivity index (χ2v) is 4.39. The summed E-state index contributed by atoms with van der Waals surface area (Å²) in [5.41, 5.74) is 1.67. The van der Waals surface area contributed by atoms with E-state index in [2.05, 4.69) is 0 Å². The Bertz CT molecular complexity index is 417. The van der Waals surface area contributed by atoms with Gasteiger partial charge in [-0.3, -0.25) is 10.3 Å². The summed E-state index contributed by atoms with van der Waals surface area (Å²) in [6, 6.07) is 9.56. The molecule has 4 heteroatoms. The Labute approximate surface area is 114 Å². The van der Waals surface area contributed by atoms with E-state index in [0.29, 0.717) is 0 Å². The molecular formula is C15H21NO3. The van der Waals surface area contributed by atoms with Crippen LogP contribution in [0, 0.1) is 0 Å². The SMILES string of the molecule is C/C=C(\C)N(O)CC(OC(C)C=O)c1ccccc1. The minimum Gasteiger partial charge on any atom is -0.361 e. The predicted octanol–water partition coefficient (Wildman–Crippen LogP) is 2.95. The molecule has 0 radical (unpaired) electrons. The number of allylic oxidation sites excluding steroid dienone is 2. The van der Waals surface area contributed by atoms with Crippen LogP contribution in [0.5, 0.6) is 0 Å². The first-order chi connectivity index (χ1) is 9.08. The minimum atomic E-state index is -0.510. The lowest BCUT2D eigenvalue weighted by Crippen LogP contribution is -2.27. The topological polar surface area (TPSA) is 49.8 Å². The summed E-state index contributed by atoms with van der Waals surface area (Å²) in [5, 5.41) is 11.1. The number of nitrogens with zero attached hydrogens (tertiary/aromatic N) is 1. The van der Waals surface area contributed by atoms with Crippen molar-refractivity contribution in [2.45, 2.75) is 33.0 Å². The molecule has 104 valence electrons. The van der Waals surface area contributed by atoms with Gasteiger partial charge in [0.25, 0.3) is 0 Å². The van der Waals surface area contributed by atoms with E-state index in [9.17, 15) is 10.0 Å². The summed E-state index contributed by atoms with van der Waals surface area (Å²) in [5.74, 6) is 0. The molecule has 2 unspecified atom stereocenters. The Kier molecular flexibility index (Phi) is 6.25. The van der Waals surface area contributed by atoms with Crippen LogP contribution >= 0.6 is 0 Å². The molecule has 1 N–H and O–H groups in total. The summed E-state index contributed by atoms with van der Waals surface area (Å²) in [6.45, 7) is 5.63. The van der Waals surface area contributed by atoms with E-state index < -0.39 is 6.10 Å². The third-order valence-corrected chi connectivity index (χ3v) is 2.91. The molecule has 0 amide bonds. The summed E-state index contributed by atoms with van der Waals surface area (Å²) in [6.07, 6.45) is 1.69. The molecule has 19 heavy (non-hydrogen) atoms. The molecule has 4 nitrogen and oxygen atoms in total. The van der Waals surface area contributed by atoms with Crippen LogP contribution < -0.4 is 0 Å². The van der Waals surface area contributed by atoms with Crippen LogP contribution in [0.2, 0.25) is 0 Å². The van der Waals surface area contributed by atoms with Crippen molar-refractivity contribution in [1.29, 1.82) is 0 Å². The predicted molar refractivity (Wildman–Crippen MR) is 73.7 cm³/mol. The maximum atomic E-state index is 10.7. The molecular weight excluding hydrogens is 242 g/mol. The Morgan fingerprint density at radius 2 is 2.05 bits per heavy atom. The number of carbonyl (C=O) groups excluding carboxylic acids is 1. The standard InChI is InChI=1S/C15H21NO3/c1-4-12(2)16(18)10-15(19-13(3)11-17)14-8-6-5-7-9-14/h4-9,11,13,15,18H,10H2,1-3H3/b12-4+. The lowest BCUT2D eigenvalue weighted by atomic mass is 10.1. The lowest BCUT2D eigenvalue weighted by Gasteiger charge is -2.26. The summed E-state index contributed by atoms with van der Waals surface area (Å²) in [4.78, 5) is 10.7. The normalized spacial score (nSPS) is 14.8. The first kappa shape index (κ1) is 15.4. The van der Waals surface area contributed by atoms with Crippen LogP contribution in [-0.2, 0) is 9.53 Å². The van der Waals surface area contributed by atoms with E-state index in [1.165, 1.54) is 0 Å². The highest BCUT2D eigenvalue weighted by Crippen LogP contribution is 2.21. The van der Waals surface area contributed by atoms with Gasteiger partial charge in [-0.2, -0.15) is 0 Å². The summed E-state index contributed by atoms with van der Waals surface area (Å²) >= 11 is 0. The van der Waals surface area contributed by atoms with E-state index >= 15 is 0 Å². The summed E-state index contributed by atoms with van der Waals surface area (Å²) < 4.78 is 5.65. The Hall–Kier alpha value is -1.65. The maximum Gasteiger partial charge on any atom is 0.148 e. The van der Waals surface area contributed by atoms with Crippen molar-refractivity contribution in [1.82, 2.24) is 5.06 Å². The zero-order valence-corrected chi connectivity index (χ0v) is 11.6. The number of carbonyl (C=O) groups is 1. The second-order valence-electron chi connectivity index (χ2n) is 4.39. The monoisotopic (exact) mass is 263 g/mol. The number of rotatable bonds is 7. The van der Waals surface area contributed by atoms with E-state index in [1.54, 1.807) is 6.92 Å². The molecule has 2 atom stereocenters. The van der Waals surface area contributed by atoms with Crippen LogP contribution in [-0.4, -0.2) is 29.2 Å². The van der Waals surface area contributed by atoms with Gasteiger partial charge >= 0.3 is 0 Å². The Morgan fingerprint density at radius 1 is 1.42 bits per heavy atom. The molecule has 0 fully saturated rings. The van der Waals surface area contributed by atoms with E-state index in [-0.39, 0.29) is 12.6 Å². The minimum absolute atomic E-state index is 0.276. The molecule has 0 saturated heterocycles. The fraction of sp³-hybridized carbons (Fsp3) is 0.400. The molecule has 0 spiro atoms. The largest absolute Gasteiger partial charge is 0.361 e. The fourth-order valence-electron chi connectivity index (χ4n) is 1.64. The number of benzene rings is 1. The van der Waals surface area contributed by atoms with Gasteiger partial charge in [0.2, 0.25) is 0 Å². The molecule has 0 heterocycles. The number of hydrogen-bond acceptors (Lipinski definition) is 4. The van der Waals surface area contributed by atoms with Gasteiger partial charge in [0, 0.05) is 5.70 Å². The van der Waals surface area contributed by atoms with Crippen LogP contribution in [0.25, 0.3) is 0 Å². The van der Waals surface area contributed by atoms with Crippen molar-refractivity contribution in [2.75, 3.05) is 6.54 Å². The van der Waals surface area contributed by atoms with Crippen molar-refractivity contribution in [3.63, 3.8) is 0 Å². The smallest absolute Gasteiger partial charge is 0.148 e. The Balaban J connectivity index is 2.84. The molecule has 1 rings (SSSR count). The third-order valence-electron chi connectivity index (χ3n) is 2.91. The number of ether oxygens (including phenoxy) is 1. The van der Waals surface area contributed by atoms with Gasteiger partial charge in [-0.05, 0) is 26.3 Å². The van der Waals surface area contributed by atoms with Crippen molar-refractivity contribution in [3.05, 3.63) is 47.7 Å². The second kappa shape index (κ2) is 7.71. The first-order valence-corrected chi connectivity index (χ1v) is 6.33. The van der Waals surface area contributed by atoms with Crippen molar-refractivity contribution < 1.29 is 14.7 Å². The zero-order chi connectivity index (χ0) is 14.3.